The molecule has 1 aromatic rings. The van der Waals surface area contributed by atoms with Crippen LogP contribution in [0.1, 0.15) is 23.1 Å². The number of alkyl halides is 2. The van der Waals surface area contributed by atoms with Gasteiger partial charge in [0.25, 0.3) is 0 Å². The summed E-state index contributed by atoms with van der Waals surface area (Å²) in [5, 5.41) is 0. The van der Waals surface area contributed by atoms with Gasteiger partial charge in [-0.15, -0.1) is 0 Å². The second-order valence-electron chi connectivity index (χ2n) is 2.81. The van der Waals surface area contributed by atoms with E-state index in [0.29, 0.717) is 0 Å². The van der Waals surface area contributed by atoms with Crippen molar-refractivity contribution in [3.8, 4) is 0 Å². The lowest BCUT2D eigenvalue weighted by atomic mass is 10.3. The van der Waals surface area contributed by atoms with Crippen LogP contribution in [0.4, 0.5) is 8.78 Å². The van der Waals surface area contributed by atoms with Gasteiger partial charge in [0.15, 0.2) is 0 Å². The summed E-state index contributed by atoms with van der Waals surface area (Å²) in [6.45, 7) is -1.29. The Labute approximate surface area is 91.2 Å². The van der Waals surface area contributed by atoms with Crippen molar-refractivity contribution >= 4 is 5.97 Å². The van der Waals surface area contributed by atoms with E-state index in [-0.39, 0.29) is 24.6 Å². The number of aromatic nitrogens is 1. The standard InChI is InChI=1S/C10H11F2NO3/c1-2-15-9(14)8-5-3-4-7(13-8)6-16-10(11)12/h3-5,10H,2,6H2,1H3. The fourth-order valence-electron chi connectivity index (χ4n) is 1.03. The topological polar surface area (TPSA) is 48.4 Å². The normalized spacial score (nSPS) is 10.5. The van der Waals surface area contributed by atoms with Crippen molar-refractivity contribution in [1.82, 2.24) is 4.98 Å². The van der Waals surface area contributed by atoms with Crippen molar-refractivity contribution in [2.45, 2.75) is 20.1 Å². The van der Waals surface area contributed by atoms with E-state index in [9.17, 15) is 13.6 Å². The summed E-state index contributed by atoms with van der Waals surface area (Å²) >= 11 is 0. The molecule has 1 heterocycles. The van der Waals surface area contributed by atoms with Gasteiger partial charge in [-0.1, -0.05) is 6.07 Å². The number of nitrogens with zero attached hydrogens (tertiary/aromatic N) is 1. The first-order valence-corrected chi connectivity index (χ1v) is 4.66. The number of ether oxygens (including phenoxy) is 2. The van der Waals surface area contributed by atoms with E-state index in [4.69, 9.17) is 4.74 Å². The van der Waals surface area contributed by atoms with E-state index >= 15 is 0 Å². The van der Waals surface area contributed by atoms with E-state index in [0.717, 1.165) is 0 Å². The highest BCUT2D eigenvalue weighted by Crippen LogP contribution is 2.05. The average Bonchev–Trinajstić information content (AvgIpc) is 2.27. The monoisotopic (exact) mass is 231 g/mol. The number of pyridine rings is 1. The summed E-state index contributed by atoms with van der Waals surface area (Å²) in [6, 6.07) is 4.47. The molecule has 0 unspecified atom stereocenters. The Morgan fingerprint density at radius 2 is 2.25 bits per heavy atom. The third kappa shape index (κ3) is 3.90. The van der Waals surface area contributed by atoms with Crippen LogP contribution in [0, 0.1) is 0 Å². The molecule has 0 radical (unpaired) electrons. The Balaban J connectivity index is 2.67. The lowest BCUT2D eigenvalue weighted by Gasteiger charge is -2.04. The van der Waals surface area contributed by atoms with Gasteiger partial charge in [-0.2, -0.15) is 8.78 Å². The molecule has 88 valence electrons. The molecule has 0 N–H and O–H groups in total. The van der Waals surface area contributed by atoms with Crippen LogP contribution in [0.15, 0.2) is 18.2 Å². The van der Waals surface area contributed by atoms with Crippen molar-refractivity contribution in [3.63, 3.8) is 0 Å². The number of rotatable bonds is 5. The predicted molar refractivity (Wildman–Crippen MR) is 51.0 cm³/mol. The Kier molecular flexibility index (Phi) is 4.78. The van der Waals surface area contributed by atoms with Crippen molar-refractivity contribution in [2.75, 3.05) is 6.61 Å². The third-order valence-corrected chi connectivity index (χ3v) is 1.65. The average molecular weight is 231 g/mol. The molecule has 0 fully saturated rings. The lowest BCUT2D eigenvalue weighted by Crippen LogP contribution is -2.09. The van der Waals surface area contributed by atoms with Gasteiger partial charge in [0.05, 0.1) is 18.9 Å². The summed E-state index contributed by atoms with van der Waals surface area (Å²) in [5.41, 5.74) is 0.336. The summed E-state index contributed by atoms with van der Waals surface area (Å²) < 4.78 is 32.3. The molecule has 16 heavy (non-hydrogen) atoms. The maximum atomic E-state index is 11.8. The Bertz CT molecular complexity index is 358. The fourth-order valence-corrected chi connectivity index (χ4v) is 1.03. The van der Waals surface area contributed by atoms with Crippen LogP contribution in [0.3, 0.4) is 0 Å². The minimum Gasteiger partial charge on any atom is -0.461 e. The first-order chi connectivity index (χ1) is 7.63. The summed E-state index contributed by atoms with van der Waals surface area (Å²) in [6.07, 6.45) is 0. The van der Waals surface area contributed by atoms with Crippen LogP contribution < -0.4 is 0 Å². The molecule has 0 saturated carbocycles. The molecule has 0 amide bonds. The zero-order chi connectivity index (χ0) is 12.0. The fraction of sp³-hybridized carbons (Fsp3) is 0.400. The van der Waals surface area contributed by atoms with Gasteiger partial charge in [-0.3, -0.25) is 0 Å². The summed E-state index contributed by atoms with van der Waals surface area (Å²) in [5.74, 6) is -0.582. The molecular formula is C10H11F2NO3. The highest BCUT2D eigenvalue weighted by Gasteiger charge is 2.09. The van der Waals surface area contributed by atoms with Crippen molar-refractivity contribution in [3.05, 3.63) is 29.6 Å². The minimum atomic E-state index is -2.85. The van der Waals surface area contributed by atoms with Gasteiger partial charge < -0.3 is 9.47 Å². The Hall–Kier alpha value is -1.56. The smallest absolute Gasteiger partial charge is 0.356 e. The molecule has 1 aromatic heterocycles. The third-order valence-electron chi connectivity index (χ3n) is 1.65. The minimum absolute atomic E-state index is 0.0808. The van der Waals surface area contributed by atoms with E-state index in [1.165, 1.54) is 18.2 Å². The van der Waals surface area contributed by atoms with Crippen LogP contribution in [0.25, 0.3) is 0 Å². The molecular weight excluding hydrogens is 220 g/mol. The molecule has 6 heteroatoms. The molecule has 0 aliphatic heterocycles. The maximum absolute atomic E-state index is 11.8. The molecule has 0 saturated heterocycles. The molecule has 1 rings (SSSR count). The molecule has 0 aliphatic rings. The summed E-state index contributed by atoms with van der Waals surface area (Å²) in [7, 11) is 0. The number of hydrogen-bond donors (Lipinski definition) is 0. The predicted octanol–water partition coefficient (Wildman–Crippen LogP) is 2.00. The second-order valence-corrected chi connectivity index (χ2v) is 2.81. The van der Waals surface area contributed by atoms with Crippen molar-refractivity contribution in [1.29, 1.82) is 0 Å². The molecule has 0 aliphatic carbocycles. The number of hydrogen-bond acceptors (Lipinski definition) is 4. The maximum Gasteiger partial charge on any atom is 0.356 e. The Morgan fingerprint density at radius 3 is 2.88 bits per heavy atom. The van der Waals surface area contributed by atoms with Gasteiger partial charge >= 0.3 is 12.6 Å². The Morgan fingerprint density at radius 1 is 1.50 bits per heavy atom. The van der Waals surface area contributed by atoms with Crippen LogP contribution in [-0.4, -0.2) is 24.2 Å². The lowest BCUT2D eigenvalue weighted by molar-refractivity contribution is -0.137. The van der Waals surface area contributed by atoms with Gasteiger partial charge in [0.1, 0.15) is 5.69 Å². The largest absolute Gasteiger partial charge is 0.461 e. The molecule has 0 spiro atoms. The highest BCUT2D eigenvalue weighted by atomic mass is 19.3. The van der Waals surface area contributed by atoms with Gasteiger partial charge in [-0.05, 0) is 19.1 Å². The van der Waals surface area contributed by atoms with E-state index < -0.39 is 12.6 Å². The first kappa shape index (κ1) is 12.5. The molecule has 0 atom stereocenters. The SMILES string of the molecule is CCOC(=O)c1cccc(COC(F)F)n1. The number of halogens is 2. The van der Waals surface area contributed by atoms with Crippen LogP contribution in [-0.2, 0) is 16.1 Å². The van der Waals surface area contributed by atoms with E-state index in [2.05, 4.69) is 9.72 Å². The number of carbonyl (C=O) groups excluding carboxylic acids is 1. The molecule has 0 aromatic carbocycles. The van der Waals surface area contributed by atoms with Crippen LogP contribution in [0.2, 0.25) is 0 Å². The first-order valence-electron chi connectivity index (χ1n) is 4.66. The number of carbonyl (C=O) groups is 1. The summed E-state index contributed by atoms with van der Waals surface area (Å²) in [4.78, 5) is 15.1. The van der Waals surface area contributed by atoms with Gasteiger partial charge in [-0.25, -0.2) is 9.78 Å². The zero-order valence-corrected chi connectivity index (χ0v) is 8.65. The van der Waals surface area contributed by atoms with E-state index in [1.54, 1.807) is 6.92 Å². The zero-order valence-electron chi connectivity index (χ0n) is 8.65. The van der Waals surface area contributed by atoms with Gasteiger partial charge in [0.2, 0.25) is 0 Å². The highest BCUT2D eigenvalue weighted by molar-refractivity contribution is 5.87. The van der Waals surface area contributed by atoms with Gasteiger partial charge in [0, 0.05) is 0 Å². The quantitative estimate of drug-likeness (QED) is 0.727. The van der Waals surface area contributed by atoms with E-state index in [1.807, 2.05) is 0 Å². The van der Waals surface area contributed by atoms with Crippen molar-refractivity contribution < 1.29 is 23.0 Å². The van der Waals surface area contributed by atoms with Crippen molar-refractivity contribution in [2.24, 2.45) is 0 Å². The number of esters is 1. The molecule has 4 nitrogen and oxygen atoms in total. The van der Waals surface area contributed by atoms with Crippen LogP contribution in [0.5, 0.6) is 0 Å². The molecule has 0 bridgehead atoms. The van der Waals surface area contributed by atoms with Crippen LogP contribution >= 0.6 is 0 Å². The second kappa shape index (κ2) is 6.12.